The molecular weight excluding hydrogens is 356 g/mol. The number of carbonyl (C=O) groups excluding carboxylic acids is 1. The number of rotatable bonds is 7. The van der Waals surface area contributed by atoms with Gasteiger partial charge in [-0.1, -0.05) is 13.0 Å². The predicted molar refractivity (Wildman–Crippen MR) is 99.6 cm³/mol. The first-order valence-electron chi connectivity index (χ1n) is 7.93. The number of hydrogen-bond donors (Lipinski definition) is 1. The largest absolute Gasteiger partial charge is 0.497 e. The van der Waals surface area contributed by atoms with Crippen molar-refractivity contribution in [3.63, 3.8) is 0 Å². The first-order valence-corrected chi connectivity index (χ1v) is 9.42. The molecule has 0 bridgehead atoms. The fraction of sp³-hybridized carbons (Fsp3) is 0.278. The Morgan fingerprint density at radius 2 is 1.85 bits per heavy atom. The molecule has 7 nitrogen and oxygen atoms in total. The highest BCUT2D eigenvalue weighted by molar-refractivity contribution is 7.89. The average Bonchev–Trinajstić information content (AvgIpc) is 2.66. The van der Waals surface area contributed by atoms with Gasteiger partial charge in [-0.15, -0.1) is 0 Å². The van der Waals surface area contributed by atoms with Gasteiger partial charge in [0, 0.05) is 30.9 Å². The molecule has 0 saturated heterocycles. The van der Waals surface area contributed by atoms with Gasteiger partial charge in [-0.3, -0.25) is 4.79 Å². The Labute approximate surface area is 153 Å². The minimum absolute atomic E-state index is 0.0771. The molecule has 140 valence electrons. The van der Waals surface area contributed by atoms with Gasteiger partial charge in [-0.05, 0) is 30.3 Å². The van der Waals surface area contributed by atoms with Crippen molar-refractivity contribution in [2.24, 2.45) is 0 Å². The molecule has 26 heavy (non-hydrogen) atoms. The average molecular weight is 378 g/mol. The van der Waals surface area contributed by atoms with Crippen LogP contribution in [0.5, 0.6) is 11.5 Å². The Morgan fingerprint density at radius 3 is 2.46 bits per heavy atom. The molecule has 0 spiro atoms. The maximum absolute atomic E-state index is 12.8. The van der Waals surface area contributed by atoms with E-state index in [0.29, 0.717) is 11.4 Å². The Balaban J connectivity index is 2.43. The van der Waals surface area contributed by atoms with E-state index in [1.54, 1.807) is 45.3 Å². The van der Waals surface area contributed by atoms with Crippen molar-refractivity contribution in [3.8, 4) is 11.5 Å². The van der Waals surface area contributed by atoms with E-state index in [1.165, 1.54) is 30.2 Å². The van der Waals surface area contributed by atoms with E-state index in [-0.39, 0.29) is 28.7 Å². The van der Waals surface area contributed by atoms with Gasteiger partial charge in [-0.25, -0.2) is 13.1 Å². The lowest BCUT2D eigenvalue weighted by Crippen LogP contribution is -2.27. The molecule has 1 N–H and O–H groups in total. The summed E-state index contributed by atoms with van der Waals surface area (Å²) < 4.78 is 37.5. The number of benzene rings is 2. The van der Waals surface area contributed by atoms with E-state index in [0.717, 1.165) is 0 Å². The molecule has 1 amide bonds. The van der Waals surface area contributed by atoms with Crippen molar-refractivity contribution in [2.75, 3.05) is 32.7 Å². The van der Waals surface area contributed by atoms with Crippen molar-refractivity contribution >= 4 is 21.6 Å². The molecule has 0 radical (unpaired) electrons. The molecule has 0 aliphatic rings. The van der Waals surface area contributed by atoms with Gasteiger partial charge in [0.15, 0.2) is 0 Å². The standard InChI is InChI=1S/C18H22N2O5S/c1-5-19-26(22,23)17-11-13(9-10-16(17)25-4)18(21)20(2)14-7-6-8-15(12-14)24-3/h6-12,19H,5H2,1-4H3. The van der Waals surface area contributed by atoms with Crippen molar-refractivity contribution in [2.45, 2.75) is 11.8 Å². The van der Waals surface area contributed by atoms with Gasteiger partial charge in [0.1, 0.15) is 16.4 Å². The molecule has 0 aromatic heterocycles. The van der Waals surface area contributed by atoms with E-state index in [4.69, 9.17) is 9.47 Å². The monoisotopic (exact) mass is 378 g/mol. The lowest BCUT2D eigenvalue weighted by Gasteiger charge is -2.19. The number of anilines is 1. The maximum Gasteiger partial charge on any atom is 0.258 e. The van der Waals surface area contributed by atoms with E-state index in [9.17, 15) is 13.2 Å². The number of nitrogens with one attached hydrogen (secondary N) is 1. The van der Waals surface area contributed by atoms with Gasteiger partial charge in [0.25, 0.3) is 5.91 Å². The third kappa shape index (κ3) is 4.14. The van der Waals surface area contributed by atoms with Crippen molar-refractivity contribution < 1.29 is 22.7 Å². The van der Waals surface area contributed by atoms with Gasteiger partial charge < -0.3 is 14.4 Å². The summed E-state index contributed by atoms with van der Waals surface area (Å²) in [5, 5.41) is 0. The summed E-state index contributed by atoms with van der Waals surface area (Å²) in [5.41, 5.74) is 0.855. The summed E-state index contributed by atoms with van der Waals surface area (Å²) in [6, 6.07) is 11.3. The van der Waals surface area contributed by atoms with Crippen molar-refractivity contribution in [1.82, 2.24) is 4.72 Å². The Morgan fingerprint density at radius 1 is 1.12 bits per heavy atom. The van der Waals surface area contributed by atoms with Crippen LogP contribution in [0.15, 0.2) is 47.4 Å². The fourth-order valence-electron chi connectivity index (χ4n) is 2.42. The normalized spacial score (nSPS) is 11.1. The first kappa shape index (κ1) is 19.7. The van der Waals surface area contributed by atoms with E-state index < -0.39 is 10.0 Å². The Kier molecular flexibility index (Phi) is 6.23. The van der Waals surface area contributed by atoms with Crippen LogP contribution in [0.25, 0.3) is 0 Å². The van der Waals surface area contributed by atoms with E-state index in [1.807, 2.05) is 0 Å². The smallest absolute Gasteiger partial charge is 0.258 e. The highest BCUT2D eigenvalue weighted by Gasteiger charge is 2.22. The van der Waals surface area contributed by atoms with Crippen LogP contribution >= 0.6 is 0 Å². The quantitative estimate of drug-likeness (QED) is 0.799. The molecule has 2 rings (SSSR count). The van der Waals surface area contributed by atoms with Crippen LogP contribution in [0.3, 0.4) is 0 Å². The van der Waals surface area contributed by atoms with E-state index >= 15 is 0 Å². The van der Waals surface area contributed by atoms with Crippen molar-refractivity contribution in [1.29, 1.82) is 0 Å². The minimum Gasteiger partial charge on any atom is -0.497 e. The molecule has 0 aliphatic carbocycles. The summed E-state index contributed by atoms with van der Waals surface area (Å²) in [4.78, 5) is 14.2. The topological polar surface area (TPSA) is 84.9 Å². The molecule has 0 fully saturated rings. The number of sulfonamides is 1. The van der Waals surface area contributed by atoms with Crippen LogP contribution in [0.2, 0.25) is 0 Å². The van der Waals surface area contributed by atoms with E-state index in [2.05, 4.69) is 4.72 Å². The number of nitrogens with zero attached hydrogens (tertiary/aromatic N) is 1. The molecule has 2 aromatic rings. The van der Waals surface area contributed by atoms with Crippen LogP contribution in [0, 0.1) is 0 Å². The van der Waals surface area contributed by atoms with Crippen LogP contribution in [0.1, 0.15) is 17.3 Å². The molecule has 0 saturated carbocycles. The molecular formula is C18H22N2O5S. The van der Waals surface area contributed by atoms with Gasteiger partial charge in [-0.2, -0.15) is 0 Å². The van der Waals surface area contributed by atoms with Gasteiger partial charge in [0.2, 0.25) is 10.0 Å². The van der Waals surface area contributed by atoms with Gasteiger partial charge in [0.05, 0.1) is 14.2 Å². The van der Waals surface area contributed by atoms with Crippen LogP contribution in [0.4, 0.5) is 5.69 Å². The lowest BCUT2D eigenvalue weighted by atomic mass is 10.1. The summed E-state index contributed by atoms with van der Waals surface area (Å²) in [6.45, 7) is 1.91. The Hall–Kier alpha value is -2.58. The minimum atomic E-state index is -3.78. The third-order valence-electron chi connectivity index (χ3n) is 3.78. The molecule has 8 heteroatoms. The number of methoxy groups -OCH3 is 2. The second-order valence-corrected chi connectivity index (χ2v) is 7.17. The number of amides is 1. The van der Waals surface area contributed by atoms with Crippen LogP contribution < -0.4 is 19.1 Å². The number of ether oxygens (including phenoxy) is 2. The number of carbonyl (C=O) groups is 1. The second kappa shape index (κ2) is 8.20. The molecule has 2 aromatic carbocycles. The predicted octanol–water partition coefficient (Wildman–Crippen LogP) is 2.28. The highest BCUT2D eigenvalue weighted by atomic mass is 32.2. The fourth-order valence-corrected chi connectivity index (χ4v) is 3.65. The molecule has 0 unspecified atom stereocenters. The lowest BCUT2D eigenvalue weighted by molar-refractivity contribution is 0.0992. The zero-order valence-electron chi connectivity index (χ0n) is 15.1. The third-order valence-corrected chi connectivity index (χ3v) is 5.35. The maximum atomic E-state index is 12.8. The summed E-state index contributed by atoms with van der Waals surface area (Å²) in [7, 11) is 0.758. The SMILES string of the molecule is CCNS(=O)(=O)c1cc(C(=O)N(C)c2cccc(OC)c2)ccc1OC. The molecule has 0 atom stereocenters. The highest BCUT2D eigenvalue weighted by Crippen LogP contribution is 2.27. The number of hydrogen-bond acceptors (Lipinski definition) is 5. The molecule has 0 heterocycles. The summed E-state index contributed by atoms with van der Waals surface area (Å²) >= 11 is 0. The molecule has 0 aliphatic heterocycles. The van der Waals surface area contributed by atoms with Gasteiger partial charge >= 0.3 is 0 Å². The summed E-state index contributed by atoms with van der Waals surface area (Å²) in [5.74, 6) is 0.438. The Bertz CT molecular complexity index is 896. The summed E-state index contributed by atoms with van der Waals surface area (Å²) in [6.07, 6.45) is 0. The zero-order chi connectivity index (χ0) is 19.3. The zero-order valence-corrected chi connectivity index (χ0v) is 16.0. The second-order valence-electron chi connectivity index (χ2n) is 5.43. The van der Waals surface area contributed by atoms with Crippen molar-refractivity contribution in [3.05, 3.63) is 48.0 Å². The van der Waals surface area contributed by atoms with Crippen LogP contribution in [-0.4, -0.2) is 42.1 Å². The van der Waals surface area contributed by atoms with Crippen LogP contribution in [-0.2, 0) is 10.0 Å². The first-order chi connectivity index (χ1) is 12.3.